The van der Waals surface area contributed by atoms with E-state index >= 15 is 0 Å². The second-order valence-electron chi connectivity index (χ2n) is 4.66. The van der Waals surface area contributed by atoms with Gasteiger partial charge in [0.2, 0.25) is 0 Å². The zero-order valence-electron chi connectivity index (χ0n) is 10.00. The molecule has 1 amide bonds. The molecule has 0 aromatic heterocycles. The van der Waals surface area contributed by atoms with Crippen LogP contribution in [-0.4, -0.2) is 28.7 Å². The summed E-state index contributed by atoms with van der Waals surface area (Å²) in [6.45, 7) is 3.47. The molecule has 0 saturated carbocycles. The molecule has 0 radical (unpaired) electrons. The second-order valence-corrected chi connectivity index (χ2v) is 6.75. The lowest BCUT2D eigenvalue weighted by atomic mass is 9.98. The number of hydrogen-bond acceptors (Lipinski definition) is 1. The summed E-state index contributed by atoms with van der Waals surface area (Å²) < 4.78 is 14.4. The summed E-state index contributed by atoms with van der Waals surface area (Å²) in [5.41, 5.74) is 0.138. The Labute approximate surface area is 123 Å². The molecular weight excluding hydrogens is 365 g/mol. The van der Waals surface area contributed by atoms with E-state index in [2.05, 4.69) is 38.8 Å². The highest BCUT2D eigenvalue weighted by Gasteiger charge is 2.28. The van der Waals surface area contributed by atoms with Crippen molar-refractivity contribution in [1.29, 1.82) is 0 Å². The van der Waals surface area contributed by atoms with Crippen molar-refractivity contribution in [3.8, 4) is 0 Å². The first-order valence-corrected chi connectivity index (χ1v) is 7.58. The van der Waals surface area contributed by atoms with E-state index in [-0.39, 0.29) is 16.3 Å². The molecule has 1 aliphatic rings. The van der Waals surface area contributed by atoms with Crippen LogP contribution in [0.25, 0.3) is 0 Å². The van der Waals surface area contributed by atoms with E-state index in [1.807, 2.05) is 0 Å². The largest absolute Gasteiger partial charge is 0.337 e. The van der Waals surface area contributed by atoms with Crippen molar-refractivity contribution in [3.63, 3.8) is 0 Å². The highest BCUT2D eigenvalue weighted by Crippen LogP contribution is 2.25. The van der Waals surface area contributed by atoms with E-state index in [9.17, 15) is 9.18 Å². The fourth-order valence-corrected chi connectivity index (χ4v) is 3.01. The third kappa shape index (κ3) is 2.94. The van der Waals surface area contributed by atoms with Crippen LogP contribution in [0.15, 0.2) is 22.7 Å². The Morgan fingerprint density at radius 2 is 2.22 bits per heavy atom. The maximum Gasteiger partial charge on any atom is 0.256 e. The number of carbonyl (C=O) groups excluding carboxylic acids is 1. The Morgan fingerprint density at radius 3 is 2.89 bits per heavy atom. The van der Waals surface area contributed by atoms with Crippen LogP contribution >= 0.6 is 31.9 Å². The number of halogens is 3. The van der Waals surface area contributed by atoms with Crippen molar-refractivity contribution in [2.24, 2.45) is 5.92 Å². The number of hydrogen-bond donors (Lipinski definition) is 0. The molecule has 5 heteroatoms. The molecule has 18 heavy (non-hydrogen) atoms. The minimum absolute atomic E-state index is 0.138. The van der Waals surface area contributed by atoms with Gasteiger partial charge in [0.05, 0.1) is 5.56 Å². The lowest BCUT2D eigenvalue weighted by molar-refractivity contribution is 0.0701. The molecule has 2 unspecified atom stereocenters. The van der Waals surface area contributed by atoms with Crippen LogP contribution in [0.3, 0.4) is 0 Å². The van der Waals surface area contributed by atoms with Crippen LogP contribution in [0.5, 0.6) is 0 Å². The van der Waals surface area contributed by atoms with Gasteiger partial charge in [-0.15, -0.1) is 0 Å². The zero-order valence-corrected chi connectivity index (χ0v) is 13.2. The summed E-state index contributed by atoms with van der Waals surface area (Å²) in [5, 5.41) is 0. The van der Waals surface area contributed by atoms with Crippen molar-refractivity contribution in [2.45, 2.75) is 18.2 Å². The fourth-order valence-electron chi connectivity index (χ4n) is 2.04. The minimum atomic E-state index is -0.465. The maximum atomic E-state index is 13.7. The topological polar surface area (TPSA) is 20.3 Å². The Balaban J connectivity index is 2.19. The van der Waals surface area contributed by atoms with Crippen LogP contribution in [0.2, 0.25) is 0 Å². The zero-order chi connectivity index (χ0) is 13.3. The van der Waals surface area contributed by atoms with E-state index in [1.165, 1.54) is 6.07 Å². The molecule has 0 aliphatic carbocycles. The molecule has 1 saturated heterocycles. The maximum absolute atomic E-state index is 13.7. The van der Waals surface area contributed by atoms with Crippen LogP contribution < -0.4 is 0 Å². The summed E-state index contributed by atoms with van der Waals surface area (Å²) in [4.78, 5) is 14.3. The smallest absolute Gasteiger partial charge is 0.256 e. The summed E-state index contributed by atoms with van der Waals surface area (Å²) in [5.74, 6) is -0.153. The van der Waals surface area contributed by atoms with Gasteiger partial charge in [0.1, 0.15) is 5.82 Å². The molecule has 0 spiro atoms. The number of carbonyl (C=O) groups is 1. The quantitative estimate of drug-likeness (QED) is 0.680. The van der Waals surface area contributed by atoms with Crippen LogP contribution in [0.1, 0.15) is 23.7 Å². The predicted octanol–water partition coefficient (Wildman–Crippen LogP) is 3.83. The molecule has 98 valence electrons. The number of alkyl halides is 1. The molecule has 1 aliphatic heterocycles. The Kier molecular flexibility index (Phi) is 4.43. The van der Waals surface area contributed by atoms with Crippen molar-refractivity contribution in [1.82, 2.24) is 4.90 Å². The average Bonchev–Trinajstić information content (AvgIpc) is 2.35. The third-order valence-corrected chi connectivity index (χ3v) is 5.00. The first-order chi connectivity index (χ1) is 8.49. The standard InChI is InChI=1S/C13H14Br2FNO/c1-8-4-5-17(7-11(8)15)13(18)10-6-9(14)2-3-12(10)16/h2-3,6,8,11H,4-5,7H2,1H3. The van der Waals surface area contributed by atoms with Gasteiger partial charge in [-0.3, -0.25) is 4.79 Å². The summed E-state index contributed by atoms with van der Waals surface area (Å²) >= 11 is 6.83. The Morgan fingerprint density at radius 1 is 1.50 bits per heavy atom. The molecule has 1 aromatic carbocycles. The summed E-state index contributed by atoms with van der Waals surface area (Å²) in [7, 11) is 0. The molecule has 2 nitrogen and oxygen atoms in total. The Hall–Kier alpha value is -0.420. The molecule has 2 atom stereocenters. The third-order valence-electron chi connectivity index (χ3n) is 3.31. The van der Waals surface area contributed by atoms with E-state index in [0.29, 0.717) is 23.5 Å². The molecule has 2 rings (SSSR count). The van der Waals surface area contributed by atoms with Crippen molar-refractivity contribution in [2.75, 3.05) is 13.1 Å². The van der Waals surface area contributed by atoms with Crippen molar-refractivity contribution < 1.29 is 9.18 Å². The van der Waals surface area contributed by atoms with Gasteiger partial charge in [-0.05, 0) is 30.5 Å². The van der Waals surface area contributed by atoms with Gasteiger partial charge >= 0.3 is 0 Å². The number of piperidine rings is 1. The van der Waals surface area contributed by atoms with Gasteiger partial charge in [-0.1, -0.05) is 38.8 Å². The highest BCUT2D eigenvalue weighted by molar-refractivity contribution is 9.10. The van der Waals surface area contributed by atoms with E-state index < -0.39 is 5.82 Å². The van der Waals surface area contributed by atoms with Gasteiger partial charge in [-0.25, -0.2) is 4.39 Å². The lowest BCUT2D eigenvalue weighted by Gasteiger charge is -2.34. The van der Waals surface area contributed by atoms with Gasteiger partial charge in [-0.2, -0.15) is 0 Å². The predicted molar refractivity (Wildman–Crippen MR) is 76.5 cm³/mol. The SMILES string of the molecule is CC1CCN(C(=O)c2cc(Br)ccc2F)CC1Br. The minimum Gasteiger partial charge on any atom is -0.337 e. The number of amides is 1. The van der Waals surface area contributed by atoms with Gasteiger partial charge < -0.3 is 4.90 Å². The molecule has 1 heterocycles. The number of rotatable bonds is 1. The van der Waals surface area contributed by atoms with Crippen LogP contribution in [0.4, 0.5) is 4.39 Å². The van der Waals surface area contributed by atoms with E-state index in [0.717, 1.165) is 6.42 Å². The molecular formula is C13H14Br2FNO. The van der Waals surface area contributed by atoms with Crippen molar-refractivity contribution >= 4 is 37.8 Å². The number of nitrogens with zero attached hydrogens (tertiary/aromatic N) is 1. The molecule has 1 aromatic rings. The number of benzene rings is 1. The summed E-state index contributed by atoms with van der Waals surface area (Å²) in [6.07, 6.45) is 0.942. The second kappa shape index (κ2) is 5.70. The molecule has 0 bridgehead atoms. The van der Waals surface area contributed by atoms with E-state index in [4.69, 9.17) is 0 Å². The van der Waals surface area contributed by atoms with E-state index in [1.54, 1.807) is 17.0 Å². The first kappa shape index (κ1) is 14.0. The highest BCUT2D eigenvalue weighted by atomic mass is 79.9. The average molecular weight is 379 g/mol. The van der Waals surface area contributed by atoms with Crippen molar-refractivity contribution in [3.05, 3.63) is 34.1 Å². The lowest BCUT2D eigenvalue weighted by Crippen LogP contribution is -2.43. The van der Waals surface area contributed by atoms with Gasteiger partial charge in [0, 0.05) is 22.4 Å². The number of likely N-dealkylation sites (tertiary alicyclic amines) is 1. The fraction of sp³-hybridized carbons (Fsp3) is 0.462. The van der Waals surface area contributed by atoms with Crippen LogP contribution in [0, 0.1) is 11.7 Å². The van der Waals surface area contributed by atoms with Gasteiger partial charge in [0.25, 0.3) is 5.91 Å². The first-order valence-electron chi connectivity index (χ1n) is 5.87. The summed E-state index contributed by atoms with van der Waals surface area (Å²) in [6, 6.07) is 4.45. The molecule has 0 N–H and O–H groups in total. The van der Waals surface area contributed by atoms with Crippen LogP contribution in [-0.2, 0) is 0 Å². The normalized spacial score (nSPS) is 24.1. The van der Waals surface area contributed by atoms with Gasteiger partial charge in [0.15, 0.2) is 0 Å². The monoisotopic (exact) mass is 377 g/mol. The molecule has 1 fully saturated rings. The Bertz CT molecular complexity index is 466.